The number of hydrogen-bond donors (Lipinski definition) is 1. The lowest BCUT2D eigenvalue weighted by atomic mass is 10.2. The number of piperazine rings is 1. The highest BCUT2D eigenvalue weighted by Gasteiger charge is 2.35. The van der Waals surface area contributed by atoms with E-state index >= 15 is 0 Å². The summed E-state index contributed by atoms with van der Waals surface area (Å²) in [7, 11) is 0. The van der Waals surface area contributed by atoms with Crippen LogP contribution in [0.15, 0.2) is 28.7 Å². The summed E-state index contributed by atoms with van der Waals surface area (Å²) in [6.45, 7) is 4.89. The Morgan fingerprint density at radius 3 is 2.30 bits per heavy atom. The van der Waals surface area contributed by atoms with Gasteiger partial charge in [0, 0.05) is 42.3 Å². The average Bonchev–Trinajstić information content (AvgIpc) is 3.41. The van der Waals surface area contributed by atoms with Gasteiger partial charge in [-0.1, -0.05) is 15.9 Å². The van der Waals surface area contributed by atoms with E-state index in [1.807, 2.05) is 36.1 Å². The highest BCUT2D eigenvalue weighted by molar-refractivity contribution is 9.10. The van der Waals surface area contributed by atoms with Crippen LogP contribution in [0.3, 0.4) is 0 Å². The van der Waals surface area contributed by atoms with Crippen molar-refractivity contribution in [2.24, 2.45) is 5.92 Å². The molecule has 1 saturated carbocycles. The highest BCUT2D eigenvalue weighted by Crippen LogP contribution is 2.31. The molecule has 124 valence electrons. The molecule has 1 aromatic rings. The molecule has 3 rings (SSSR count). The lowest BCUT2D eigenvalue weighted by Gasteiger charge is -2.37. The Balaban J connectivity index is 1.50. The van der Waals surface area contributed by atoms with E-state index in [9.17, 15) is 9.59 Å². The number of halogens is 1. The molecule has 1 aliphatic heterocycles. The van der Waals surface area contributed by atoms with Crippen LogP contribution < -0.4 is 5.32 Å². The van der Waals surface area contributed by atoms with Gasteiger partial charge in [-0.2, -0.15) is 0 Å². The minimum Gasteiger partial charge on any atom is -0.340 e. The molecule has 0 spiro atoms. The fourth-order valence-electron chi connectivity index (χ4n) is 2.86. The van der Waals surface area contributed by atoms with Crippen molar-refractivity contribution in [2.75, 3.05) is 31.5 Å². The summed E-state index contributed by atoms with van der Waals surface area (Å²) in [5, 5.41) is 2.95. The van der Waals surface area contributed by atoms with Gasteiger partial charge in [0.15, 0.2) is 0 Å². The molecule has 2 aliphatic rings. The number of carbonyl (C=O) groups excluding carboxylic acids is 2. The van der Waals surface area contributed by atoms with Gasteiger partial charge in [-0.05, 0) is 44.0 Å². The fourth-order valence-corrected chi connectivity index (χ4v) is 3.13. The van der Waals surface area contributed by atoms with Gasteiger partial charge in [-0.25, -0.2) is 0 Å². The lowest BCUT2D eigenvalue weighted by molar-refractivity contribution is -0.135. The monoisotopic (exact) mass is 379 g/mol. The summed E-state index contributed by atoms with van der Waals surface area (Å²) in [4.78, 5) is 28.5. The van der Waals surface area contributed by atoms with Crippen molar-refractivity contribution in [3.63, 3.8) is 0 Å². The summed E-state index contributed by atoms with van der Waals surface area (Å²) in [5.74, 6) is 0.575. The van der Waals surface area contributed by atoms with Crippen LogP contribution in [0.4, 0.5) is 5.69 Å². The SMILES string of the molecule is C[C@@H](C(=O)Nc1ccc(Br)cc1)N1CCN(C(=O)C2CC2)CC1. The quantitative estimate of drug-likeness (QED) is 0.873. The Kier molecular flexibility index (Phi) is 5.02. The van der Waals surface area contributed by atoms with E-state index < -0.39 is 0 Å². The van der Waals surface area contributed by atoms with Gasteiger partial charge in [0.25, 0.3) is 0 Å². The van der Waals surface area contributed by atoms with E-state index in [1.54, 1.807) is 0 Å². The van der Waals surface area contributed by atoms with Gasteiger partial charge in [-0.3, -0.25) is 14.5 Å². The predicted octanol–water partition coefficient (Wildman–Crippen LogP) is 2.33. The Labute approximate surface area is 145 Å². The molecular formula is C17H22BrN3O2. The van der Waals surface area contributed by atoms with Gasteiger partial charge in [-0.15, -0.1) is 0 Å². The average molecular weight is 380 g/mol. The highest BCUT2D eigenvalue weighted by atomic mass is 79.9. The molecule has 0 unspecified atom stereocenters. The smallest absolute Gasteiger partial charge is 0.241 e. The number of hydrogen-bond acceptors (Lipinski definition) is 3. The number of nitrogens with one attached hydrogen (secondary N) is 1. The minimum absolute atomic E-state index is 0.00529. The minimum atomic E-state index is -0.197. The van der Waals surface area contributed by atoms with Gasteiger partial charge in [0.2, 0.25) is 11.8 Å². The van der Waals surface area contributed by atoms with Crippen LogP contribution in [0, 0.1) is 5.92 Å². The van der Waals surface area contributed by atoms with Crippen LogP contribution in [0.5, 0.6) is 0 Å². The zero-order valence-electron chi connectivity index (χ0n) is 13.3. The second kappa shape index (κ2) is 7.01. The van der Waals surface area contributed by atoms with E-state index in [2.05, 4.69) is 26.1 Å². The van der Waals surface area contributed by atoms with Crippen LogP contribution in [0.2, 0.25) is 0 Å². The van der Waals surface area contributed by atoms with Crippen LogP contribution >= 0.6 is 15.9 Å². The fraction of sp³-hybridized carbons (Fsp3) is 0.529. The van der Waals surface area contributed by atoms with Crippen molar-refractivity contribution in [3.8, 4) is 0 Å². The molecule has 1 saturated heterocycles. The molecule has 1 N–H and O–H groups in total. The molecule has 1 atom stereocenters. The number of nitrogens with zero attached hydrogens (tertiary/aromatic N) is 2. The largest absolute Gasteiger partial charge is 0.340 e. The molecule has 1 heterocycles. The first-order valence-corrected chi connectivity index (χ1v) is 8.93. The Hall–Kier alpha value is -1.40. The summed E-state index contributed by atoms with van der Waals surface area (Å²) < 4.78 is 0.986. The molecule has 1 aliphatic carbocycles. The molecule has 0 aromatic heterocycles. The molecule has 0 radical (unpaired) electrons. The summed E-state index contributed by atoms with van der Waals surface area (Å²) in [6.07, 6.45) is 2.09. The maximum Gasteiger partial charge on any atom is 0.241 e. The normalized spacial score (nSPS) is 20.2. The van der Waals surface area contributed by atoms with Crippen molar-refractivity contribution in [3.05, 3.63) is 28.7 Å². The van der Waals surface area contributed by atoms with Crippen LogP contribution in [0.25, 0.3) is 0 Å². The maximum absolute atomic E-state index is 12.4. The first kappa shape index (κ1) is 16.5. The third-order valence-corrected chi connectivity index (χ3v) is 5.12. The topological polar surface area (TPSA) is 52.7 Å². The predicted molar refractivity (Wildman–Crippen MR) is 93.1 cm³/mol. The van der Waals surface area contributed by atoms with E-state index in [4.69, 9.17) is 0 Å². The standard InChI is InChI=1S/C17H22BrN3O2/c1-12(16(22)19-15-6-4-14(18)5-7-15)20-8-10-21(11-9-20)17(23)13-2-3-13/h4-7,12-13H,2-3,8-11H2,1H3,(H,19,22)/t12-/m0/s1. The summed E-state index contributed by atoms with van der Waals surface area (Å²) in [5.41, 5.74) is 0.799. The van der Waals surface area contributed by atoms with Gasteiger partial charge in [0.1, 0.15) is 0 Å². The van der Waals surface area contributed by atoms with Gasteiger partial charge < -0.3 is 10.2 Å². The van der Waals surface area contributed by atoms with Crippen molar-refractivity contribution in [2.45, 2.75) is 25.8 Å². The van der Waals surface area contributed by atoms with Crippen LogP contribution in [-0.2, 0) is 9.59 Å². The molecule has 0 bridgehead atoms. The third kappa shape index (κ3) is 4.12. The maximum atomic E-state index is 12.4. The zero-order valence-corrected chi connectivity index (χ0v) is 14.9. The molecule has 6 heteroatoms. The van der Waals surface area contributed by atoms with Gasteiger partial charge in [0.05, 0.1) is 6.04 Å². The van der Waals surface area contributed by atoms with Gasteiger partial charge >= 0.3 is 0 Å². The summed E-state index contributed by atoms with van der Waals surface area (Å²) >= 11 is 3.38. The lowest BCUT2D eigenvalue weighted by Crippen LogP contribution is -2.54. The molecule has 2 fully saturated rings. The summed E-state index contributed by atoms with van der Waals surface area (Å²) in [6, 6.07) is 7.37. The van der Waals surface area contributed by atoms with Crippen molar-refractivity contribution >= 4 is 33.4 Å². The molecule has 2 amide bonds. The van der Waals surface area contributed by atoms with Crippen molar-refractivity contribution < 1.29 is 9.59 Å². The first-order valence-electron chi connectivity index (χ1n) is 8.14. The molecule has 5 nitrogen and oxygen atoms in total. The Morgan fingerprint density at radius 2 is 1.74 bits per heavy atom. The van der Waals surface area contributed by atoms with Crippen molar-refractivity contribution in [1.29, 1.82) is 0 Å². The van der Waals surface area contributed by atoms with E-state index in [0.717, 1.165) is 49.2 Å². The zero-order chi connectivity index (χ0) is 16.4. The number of rotatable bonds is 4. The van der Waals surface area contributed by atoms with Crippen LogP contribution in [-0.4, -0.2) is 53.8 Å². The number of benzene rings is 1. The van der Waals surface area contributed by atoms with Crippen molar-refractivity contribution in [1.82, 2.24) is 9.80 Å². The van der Waals surface area contributed by atoms with E-state index in [1.165, 1.54) is 0 Å². The second-order valence-corrected chi connectivity index (χ2v) is 7.22. The Bertz CT molecular complexity index is 578. The molecular weight excluding hydrogens is 358 g/mol. The number of carbonyl (C=O) groups is 2. The van der Waals surface area contributed by atoms with E-state index in [-0.39, 0.29) is 17.9 Å². The van der Waals surface area contributed by atoms with Crippen LogP contribution in [0.1, 0.15) is 19.8 Å². The third-order valence-electron chi connectivity index (χ3n) is 4.59. The number of anilines is 1. The number of amides is 2. The second-order valence-electron chi connectivity index (χ2n) is 6.31. The Morgan fingerprint density at radius 1 is 1.13 bits per heavy atom. The molecule has 1 aromatic carbocycles. The van der Waals surface area contributed by atoms with E-state index in [0.29, 0.717) is 5.91 Å². The molecule has 23 heavy (non-hydrogen) atoms. The first-order chi connectivity index (χ1) is 11.0.